The second kappa shape index (κ2) is 5.24. The average Bonchev–Trinajstić information content (AvgIpc) is 2.63. The molecule has 0 saturated carbocycles. The zero-order valence-electron chi connectivity index (χ0n) is 12.5. The van der Waals surface area contributed by atoms with Crippen molar-refractivity contribution in [3.8, 4) is 0 Å². The van der Waals surface area contributed by atoms with Gasteiger partial charge in [0.1, 0.15) is 11.5 Å². The van der Waals surface area contributed by atoms with Gasteiger partial charge in [0, 0.05) is 6.04 Å². The molecule has 1 amide bonds. The number of hydrogen-bond donors (Lipinski definition) is 1. The number of fused-ring (bicyclic) bond motifs is 2. The zero-order chi connectivity index (χ0) is 15.1. The van der Waals surface area contributed by atoms with Crippen molar-refractivity contribution in [2.45, 2.75) is 63.8 Å². The third kappa shape index (κ3) is 2.75. The number of carbonyl (C=O) groups excluding carboxylic acids is 2. The van der Waals surface area contributed by atoms with Crippen molar-refractivity contribution in [2.24, 2.45) is 5.92 Å². The van der Waals surface area contributed by atoms with E-state index in [4.69, 9.17) is 9.47 Å². The van der Waals surface area contributed by atoms with E-state index in [1.165, 1.54) is 7.11 Å². The third-order valence-corrected chi connectivity index (χ3v) is 3.97. The standard InChI is InChI=1S/C14H23NO5/c1-14(2,3)20-13(18)15-8-5-6-9(15)11(10(16)7-8)12(17)19-4/h8-11,16H,5-7H2,1-4H3/t8-,9+,10-,11+/m0/s1. The highest BCUT2D eigenvalue weighted by atomic mass is 16.6. The monoisotopic (exact) mass is 285 g/mol. The minimum absolute atomic E-state index is 0.0502. The summed E-state index contributed by atoms with van der Waals surface area (Å²) in [4.78, 5) is 25.8. The van der Waals surface area contributed by atoms with Gasteiger partial charge >= 0.3 is 12.1 Å². The number of ether oxygens (including phenoxy) is 2. The minimum Gasteiger partial charge on any atom is -0.469 e. The van der Waals surface area contributed by atoms with E-state index in [1.807, 2.05) is 20.8 Å². The molecule has 0 aromatic carbocycles. The van der Waals surface area contributed by atoms with Gasteiger partial charge in [0.25, 0.3) is 0 Å². The molecule has 4 atom stereocenters. The zero-order valence-corrected chi connectivity index (χ0v) is 12.5. The lowest BCUT2D eigenvalue weighted by Crippen LogP contribution is -2.56. The number of hydrogen-bond acceptors (Lipinski definition) is 5. The molecule has 0 unspecified atom stereocenters. The van der Waals surface area contributed by atoms with E-state index in [1.54, 1.807) is 4.90 Å². The van der Waals surface area contributed by atoms with Gasteiger partial charge in [0.05, 0.1) is 19.3 Å². The van der Waals surface area contributed by atoms with Crippen molar-refractivity contribution in [1.29, 1.82) is 0 Å². The van der Waals surface area contributed by atoms with Crippen LogP contribution < -0.4 is 0 Å². The number of carbonyl (C=O) groups is 2. The molecule has 2 bridgehead atoms. The van der Waals surface area contributed by atoms with Crippen molar-refractivity contribution < 1.29 is 24.2 Å². The first-order valence-electron chi connectivity index (χ1n) is 7.02. The van der Waals surface area contributed by atoms with Crippen LogP contribution in [0.15, 0.2) is 0 Å². The lowest BCUT2D eigenvalue weighted by molar-refractivity contribution is -0.155. The molecule has 2 aliphatic heterocycles. The molecule has 114 valence electrons. The Kier molecular flexibility index (Phi) is 3.95. The number of aliphatic hydroxyl groups excluding tert-OH is 1. The number of nitrogens with zero attached hydrogens (tertiary/aromatic N) is 1. The average molecular weight is 285 g/mol. The molecule has 2 saturated heterocycles. The molecule has 0 aliphatic carbocycles. The smallest absolute Gasteiger partial charge is 0.410 e. The van der Waals surface area contributed by atoms with Gasteiger partial charge in [-0.1, -0.05) is 0 Å². The molecule has 0 aromatic heterocycles. The predicted molar refractivity (Wildman–Crippen MR) is 71.0 cm³/mol. The molecular weight excluding hydrogens is 262 g/mol. The van der Waals surface area contributed by atoms with Crippen LogP contribution in [-0.4, -0.2) is 53.0 Å². The SMILES string of the molecule is COC(=O)[C@@H]1[C@H]2CC[C@@H](C[C@@H]1O)N2C(=O)OC(C)(C)C. The summed E-state index contributed by atoms with van der Waals surface area (Å²) >= 11 is 0. The Morgan fingerprint density at radius 2 is 1.90 bits per heavy atom. The maximum Gasteiger partial charge on any atom is 0.410 e. The van der Waals surface area contributed by atoms with Crippen LogP contribution in [0.1, 0.15) is 40.0 Å². The molecule has 1 N–H and O–H groups in total. The van der Waals surface area contributed by atoms with Crippen molar-refractivity contribution in [3.63, 3.8) is 0 Å². The van der Waals surface area contributed by atoms with Crippen molar-refractivity contribution in [1.82, 2.24) is 4.90 Å². The highest BCUT2D eigenvalue weighted by Gasteiger charge is 2.53. The number of piperidine rings is 1. The number of rotatable bonds is 1. The fourth-order valence-corrected chi connectivity index (χ4v) is 3.23. The summed E-state index contributed by atoms with van der Waals surface area (Å²) in [6.45, 7) is 5.43. The number of amides is 1. The van der Waals surface area contributed by atoms with Crippen LogP contribution >= 0.6 is 0 Å². The van der Waals surface area contributed by atoms with Gasteiger partial charge in [0.15, 0.2) is 0 Å². The Morgan fingerprint density at radius 3 is 2.45 bits per heavy atom. The van der Waals surface area contributed by atoms with Gasteiger partial charge in [0.2, 0.25) is 0 Å². The van der Waals surface area contributed by atoms with E-state index in [-0.39, 0.29) is 12.1 Å². The fourth-order valence-electron chi connectivity index (χ4n) is 3.23. The topological polar surface area (TPSA) is 76.1 Å². The second-order valence-corrected chi connectivity index (χ2v) is 6.54. The first kappa shape index (κ1) is 15.1. The molecule has 20 heavy (non-hydrogen) atoms. The molecule has 0 spiro atoms. The highest BCUT2D eigenvalue weighted by molar-refractivity contribution is 5.77. The Labute approximate surface area is 119 Å². The first-order valence-corrected chi connectivity index (χ1v) is 7.02. The maximum absolute atomic E-state index is 12.3. The Balaban J connectivity index is 2.19. The van der Waals surface area contributed by atoms with Crippen LogP contribution in [0.4, 0.5) is 4.79 Å². The van der Waals surface area contributed by atoms with Crippen molar-refractivity contribution >= 4 is 12.1 Å². The summed E-state index contributed by atoms with van der Waals surface area (Å²) in [5, 5.41) is 10.1. The highest BCUT2D eigenvalue weighted by Crippen LogP contribution is 2.40. The molecule has 6 nitrogen and oxygen atoms in total. The fraction of sp³-hybridized carbons (Fsp3) is 0.857. The van der Waals surface area contributed by atoms with Crippen LogP contribution in [0.5, 0.6) is 0 Å². The second-order valence-electron chi connectivity index (χ2n) is 6.54. The molecule has 6 heteroatoms. The molecule has 2 heterocycles. The molecular formula is C14H23NO5. The lowest BCUT2D eigenvalue weighted by atomic mass is 9.87. The number of esters is 1. The third-order valence-electron chi connectivity index (χ3n) is 3.97. The molecule has 2 fully saturated rings. The van der Waals surface area contributed by atoms with Gasteiger partial charge < -0.3 is 19.5 Å². The van der Waals surface area contributed by atoms with Crippen molar-refractivity contribution in [2.75, 3.05) is 7.11 Å². The summed E-state index contributed by atoms with van der Waals surface area (Å²) in [6, 6.07) is -0.378. The van der Waals surface area contributed by atoms with Gasteiger partial charge in [-0.3, -0.25) is 4.79 Å². The maximum atomic E-state index is 12.3. The Morgan fingerprint density at radius 1 is 1.25 bits per heavy atom. The van der Waals surface area contributed by atoms with E-state index >= 15 is 0 Å². The summed E-state index contributed by atoms with van der Waals surface area (Å²) in [7, 11) is 1.30. The Bertz CT molecular complexity index is 403. The number of aliphatic hydroxyl groups is 1. The Hall–Kier alpha value is -1.30. The summed E-state index contributed by atoms with van der Waals surface area (Å²) < 4.78 is 10.2. The quantitative estimate of drug-likeness (QED) is 0.735. The van der Waals surface area contributed by atoms with Gasteiger partial charge in [-0.05, 0) is 40.0 Å². The molecule has 0 aromatic rings. The van der Waals surface area contributed by atoms with Crippen LogP contribution in [0.2, 0.25) is 0 Å². The van der Waals surface area contributed by atoms with Crippen LogP contribution in [-0.2, 0) is 14.3 Å². The van der Waals surface area contributed by atoms with E-state index in [9.17, 15) is 14.7 Å². The first-order chi connectivity index (χ1) is 9.24. The summed E-state index contributed by atoms with van der Waals surface area (Å²) in [5.74, 6) is -1.14. The van der Waals surface area contributed by atoms with E-state index in [2.05, 4.69) is 0 Å². The largest absolute Gasteiger partial charge is 0.469 e. The minimum atomic E-state index is -0.751. The predicted octanol–water partition coefficient (Wildman–Crippen LogP) is 1.31. The summed E-state index contributed by atoms with van der Waals surface area (Å²) in [5.41, 5.74) is -0.576. The molecule has 0 radical (unpaired) electrons. The van der Waals surface area contributed by atoms with Crippen LogP contribution in [0.25, 0.3) is 0 Å². The lowest BCUT2D eigenvalue weighted by Gasteiger charge is -2.41. The molecule has 2 aliphatic rings. The van der Waals surface area contributed by atoms with E-state index < -0.39 is 29.7 Å². The van der Waals surface area contributed by atoms with E-state index in [0.29, 0.717) is 12.8 Å². The molecule has 2 rings (SSSR count). The normalized spacial score (nSPS) is 33.0. The van der Waals surface area contributed by atoms with Crippen molar-refractivity contribution in [3.05, 3.63) is 0 Å². The van der Waals surface area contributed by atoms with Gasteiger partial charge in [-0.15, -0.1) is 0 Å². The van der Waals surface area contributed by atoms with E-state index in [0.717, 1.165) is 6.42 Å². The van der Waals surface area contributed by atoms with Gasteiger partial charge in [-0.25, -0.2) is 4.79 Å². The van der Waals surface area contributed by atoms with Crippen LogP contribution in [0, 0.1) is 5.92 Å². The van der Waals surface area contributed by atoms with Crippen LogP contribution in [0.3, 0.4) is 0 Å². The number of methoxy groups -OCH3 is 1. The summed E-state index contributed by atoms with van der Waals surface area (Å²) in [6.07, 6.45) is 0.717. The van der Waals surface area contributed by atoms with Gasteiger partial charge in [-0.2, -0.15) is 0 Å².